The molecule has 0 atom stereocenters. The lowest BCUT2D eigenvalue weighted by Crippen LogP contribution is -2.22. The highest BCUT2D eigenvalue weighted by atomic mass is 16.5. The first-order valence-electron chi connectivity index (χ1n) is 8.23. The lowest BCUT2D eigenvalue weighted by Gasteiger charge is -2.11. The molecule has 1 aromatic carbocycles. The minimum Gasteiger partial charge on any atom is -0.483 e. The number of rotatable bonds is 6. The summed E-state index contributed by atoms with van der Waals surface area (Å²) in [4.78, 5) is 12.5. The third-order valence-electron chi connectivity index (χ3n) is 4.21. The summed E-state index contributed by atoms with van der Waals surface area (Å²) in [7, 11) is 0. The predicted octanol–water partition coefficient (Wildman–Crippen LogP) is 4.18. The molecule has 0 amide bonds. The molecule has 124 valence electrons. The van der Waals surface area contributed by atoms with E-state index in [0.29, 0.717) is 0 Å². The molecule has 0 saturated carbocycles. The van der Waals surface area contributed by atoms with Crippen LogP contribution in [0.15, 0.2) is 18.2 Å². The summed E-state index contributed by atoms with van der Waals surface area (Å²) < 4.78 is 7.25. The number of carbonyl (C=O) groups is 1. The lowest BCUT2D eigenvalue weighted by molar-refractivity contribution is 0.0817. The minimum absolute atomic E-state index is 0.000864. The van der Waals surface area contributed by atoms with Gasteiger partial charge in [-0.2, -0.15) is 5.10 Å². The zero-order valence-corrected chi connectivity index (χ0v) is 14.8. The monoisotopic (exact) mass is 314 g/mol. The van der Waals surface area contributed by atoms with Crippen LogP contribution in [0.5, 0.6) is 5.75 Å². The molecule has 0 aliphatic rings. The fourth-order valence-corrected chi connectivity index (χ4v) is 2.86. The quantitative estimate of drug-likeness (QED) is 0.803. The number of hydrogen-bond donors (Lipinski definition) is 0. The number of nitrogens with zero attached hydrogens (tertiary/aromatic N) is 2. The van der Waals surface area contributed by atoms with E-state index >= 15 is 0 Å². The van der Waals surface area contributed by atoms with Crippen molar-refractivity contribution >= 4 is 5.91 Å². The summed E-state index contributed by atoms with van der Waals surface area (Å²) in [5.41, 5.74) is 5.14. The van der Waals surface area contributed by atoms with Crippen molar-refractivity contribution < 1.29 is 9.53 Å². The maximum absolute atomic E-state index is 12.5. The molecular weight excluding hydrogens is 288 g/mol. The van der Waals surface area contributed by atoms with Crippen molar-refractivity contribution in [1.29, 1.82) is 0 Å². The highest BCUT2D eigenvalue weighted by Gasteiger charge is 2.17. The van der Waals surface area contributed by atoms with Crippen molar-refractivity contribution in [1.82, 2.24) is 9.78 Å². The molecule has 2 aromatic rings. The minimum atomic E-state index is -0.129. The second-order valence-electron chi connectivity index (χ2n) is 6.07. The number of aromatic nitrogens is 2. The molecular formula is C19H26N2O2. The number of para-hydroxylation sites is 1. The molecule has 0 unspecified atom stereocenters. The maximum atomic E-state index is 12.5. The Bertz CT molecular complexity index is 681. The van der Waals surface area contributed by atoms with E-state index in [4.69, 9.17) is 4.74 Å². The van der Waals surface area contributed by atoms with E-state index in [0.717, 1.165) is 47.5 Å². The van der Waals surface area contributed by atoms with Crippen molar-refractivity contribution in [3.05, 3.63) is 46.3 Å². The third-order valence-corrected chi connectivity index (χ3v) is 4.21. The molecule has 0 spiro atoms. The third kappa shape index (κ3) is 3.81. The molecule has 0 aliphatic carbocycles. The van der Waals surface area contributed by atoms with E-state index in [9.17, 15) is 4.79 Å². The van der Waals surface area contributed by atoms with Crippen LogP contribution in [0, 0.1) is 27.7 Å². The van der Waals surface area contributed by atoms with Crippen LogP contribution in [0.1, 0.15) is 52.6 Å². The average Bonchev–Trinajstić information content (AvgIpc) is 2.79. The number of benzene rings is 1. The number of unbranched alkanes of at least 4 members (excludes halogenated alkanes) is 1. The molecule has 0 bridgehead atoms. The summed E-state index contributed by atoms with van der Waals surface area (Å²) in [6.45, 7) is 10.1. The Kier molecular flexibility index (Phi) is 5.59. The summed E-state index contributed by atoms with van der Waals surface area (Å²) in [6, 6.07) is 5.96. The first-order chi connectivity index (χ1) is 11.0. The Labute approximate surface area is 138 Å². The van der Waals surface area contributed by atoms with Gasteiger partial charge in [0.2, 0.25) is 0 Å². The van der Waals surface area contributed by atoms with Crippen LogP contribution in [-0.2, 0) is 6.42 Å². The van der Waals surface area contributed by atoms with Crippen LogP contribution in [0.3, 0.4) is 0 Å². The lowest BCUT2D eigenvalue weighted by atomic mass is 10.1. The second kappa shape index (κ2) is 7.44. The van der Waals surface area contributed by atoms with Gasteiger partial charge < -0.3 is 4.74 Å². The summed E-state index contributed by atoms with van der Waals surface area (Å²) in [6.07, 6.45) is 3.22. The zero-order valence-electron chi connectivity index (χ0n) is 14.8. The van der Waals surface area contributed by atoms with Gasteiger partial charge in [0.25, 0.3) is 5.91 Å². The van der Waals surface area contributed by atoms with Gasteiger partial charge in [-0.05, 0) is 57.2 Å². The number of aryl methyl sites for hydroxylation is 3. The summed E-state index contributed by atoms with van der Waals surface area (Å²) in [5.74, 6) is 0.657. The molecule has 0 radical (unpaired) electrons. The van der Waals surface area contributed by atoms with Crippen molar-refractivity contribution in [2.75, 3.05) is 6.61 Å². The van der Waals surface area contributed by atoms with Crippen LogP contribution >= 0.6 is 0 Å². The predicted molar refractivity (Wildman–Crippen MR) is 92.4 cm³/mol. The van der Waals surface area contributed by atoms with Crippen LogP contribution in [0.25, 0.3) is 0 Å². The normalized spacial score (nSPS) is 10.8. The van der Waals surface area contributed by atoms with Crippen LogP contribution < -0.4 is 4.74 Å². The number of carbonyl (C=O) groups excluding carboxylic acids is 1. The average molecular weight is 314 g/mol. The van der Waals surface area contributed by atoms with Crippen molar-refractivity contribution in [3.8, 4) is 5.75 Å². The molecule has 4 heteroatoms. The fourth-order valence-electron chi connectivity index (χ4n) is 2.86. The van der Waals surface area contributed by atoms with E-state index in [1.165, 1.54) is 10.2 Å². The van der Waals surface area contributed by atoms with Gasteiger partial charge in [0, 0.05) is 5.69 Å². The van der Waals surface area contributed by atoms with Crippen molar-refractivity contribution in [2.45, 2.75) is 53.9 Å². The van der Waals surface area contributed by atoms with Gasteiger partial charge in [0.15, 0.2) is 6.61 Å². The van der Waals surface area contributed by atoms with Gasteiger partial charge in [-0.25, -0.2) is 4.68 Å². The van der Waals surface area contributed by atoms with Gasteiger partial charge in [-0.3, -0.25) is 4.79 Å². The van der Waals surface area contributed by atoms with Crippen LogP contribution in [0.2, 0.25) is 0 Å². The summed E-state index contributed by atoms with van der Waals surface area (Å²) in [5, 5.41) is 4.41. The molecule has 0 fully saturated rings. The number of ether oxygens (including phenoxy) is 1. The first kappa shape index (κ1) is 17.3. The largest absolute Gasteiger partial charge is 0.483 e. The van der Waals surface area contributed by atoms with Gasteiger partial charge in [0.1, 0.15) is 5.75 Å². The molecule has 0 saturated heterocycles. The Morgan fingerprint density at radius 3 is 2.43 bits per heavy atom. The first-order valence-corrected chi connectivity index (χ1v) is 8.23. The van der Waals surface area contributed by atoms with E-state index in [2.05, 4.69) is 12.0 Å². The molecule has 2 rings (SSSR count). The molecule has 1 aromatic heterocycles. The Hall–Kier alpha value is -2.10. The topological polar surface area (TPSA) is 44.1 Å². The Morgan fingerprint density at radius 1 is 1.17 bits per heavy atom. The van der Waals surface area contributed by atoms with E-state index < -0.39 is 0 Å². The zero-order chi connectivity index (χ0) is 17.0. The Balaban J connectivity index is 2.12. The van der Waals surface area contributed by atoms with Gasteiger partial charge in [0.05, 0.1) is 5.69 Å². The Morgan fingerprint density at radius 2 is 1.83 bits per heavy atom. The van der Waals surface area contributed by atoms with Crippen molar-refractivity contribution in [3.63, 3.8) is 0 Å². The van der Waals surface area contributed by atoms with E-state index in [-0.39, 0.29) is 12.5 Å². The standard InChI is InChI=1S/C19H26N2O2/c1-6-7-11-17-15(4)20-21(16(17)5)18(22)12-23-19-13(2)9-8-10-14(19)3/h8-10H,6-7,11-12H2,1-5H3. The van der Waals surface area contributed by atoms with Crippen LogP contribution in [-0.4, -0.2) is 22.3 Å². The second-order valence-corrected chi connectivity index (χ2v) is 6.07. The van der Waals surface area contributed by atoms with Crippen molar-refractivity contribution in [2.24, 2.45) is 0 Å². The van der Waals surface area contributed by atoms with Gasteiger partial charge >= 0.3 is 0 Å². The maximum Gasteiger partial charge on any atom is 0.284 e. The van der Waals surface area contributed by atoms with E-state index in [1.807, 2.05) is 45.9 Å². The highest BCUT2D eigenvalue weighted by molar-refractivity contribution is 5.80. The SMILES string of the molecule is CCCCc1c(C)nn(C(=O)COc2c(C)cccc2C)c1C. The fraction of sp³-hybridized carbons (Fsp3) is 0.474. The molecule has 23 heavy (non-hydrogen) atoms. The summed E-state index contributed by atoms with van der Waals surface area (Å²) >= 11 is 0. The van der Waals surface area contributed by atoms with E-state index in [1.54, 1.807) is 0 Å². The smallest absolute Gasteiger partial charge is 0.284 e. The van der Waals surface area contributed by atoms with Gasteiger partial charge in [-0.1, -0.05) is 31.5 Å². The molecule has 1 heterocycles. The molecule has 0 N–H and O–H groups in total. The highest BCUT2D eigenvalue weighted by Crippen LogP contribution is 2.22. The molecule has 4 nitrogen and oxygen atoms in total. The molecule has 0 aliphatic heterocycles. The van der Waals surface area contributed by atoms with Crippen LogP contribution in [0.4, 0.5) is 0 Å². The number of hydrogen-bond acceptors (Lipinski definition) is 3. The van der Waals surface area contributed by atoms with Gasteiger partial charge in [-0.15, -0.1) is 0 Å².